The van der Waals surface area contributed by atoms with Crippen LogP contribution < -0.4 is 4.74 Å². The third-order valence-electron chi connectivity index (χ3n) is 4.38. The molecule has 0 spiro atoms. The van der Waals surface area contributed by atoms with Gasteiger partial charge < -0.3 is 14.0 Å². The second-order valence-corrected chi connectivity index (χ2v) is 6.60. The minimum Gasteiger partial charge on any atom is -0.490 e. The highest BCUT2D eigenvalue weighted by atomic mass is 19.1. The number of nitrogens with zero attached hydrogens (tertiary/aromatic N) is 1. The molecule has 0 amide bonds. The molecular weight excluding hydrogens is 349 g/mol. The Morgan fingerprint density at radius 3 is 2.85 bits per heavy atom. The number of benzene rings is 2. The van der Waals surface area contributed by atoms with Crippen LogP contribution in [0, 0.1) is 5.82 Å². The Morgan fingerprint density at radius 2 is 2.04 bits per heavy atom. The predicted molar refractivity (Wildman–Crippen MR) is 95.6 cm³/mol. The van der Waals surface area contributed by atoms with Gasteiger partial charge in [-0.1, -0.05) is 17.3 Å². The first-order valence-electron chi connectivity index (χ1n) is 8.72. The molecule has 27 heavy (non-hydrogen) atoms. The van der Waals surface area contributed by atoms with Gasteiger partial charge in [0, 0.05) is 18.1 Å². The van der Waals surface area contributed by atoms with Crippen molar-refractivity contribution in [2.24, 2.45) is 0 Å². The Hall–Kier alpha value is -3.15. The second-order valence-electron chi connectivity index (χ2n) is 6.60. The van der Waals surface area contributed by atoms with E-state index in [0.29, 0.717) is 17.0 Å². The second kappa shape index (κ2) is 7.23. The Bertz CT molecular complexity index is 965. The van der Waals surface area contributed by atoms with E-state index in [2.05, 4.69) is 5.16 Å². The van der Waals surface area contributed by atoms with Crippen LogP contribution in [0.5, 0.6) is 5.75 Å². The summed E-state index contributed by atoms with van der Waals surface area (Å²) in [4.78, 5) is 11.9. The number of rotatable bonds is 5. The normalized spacial score (nSPS) is 15.3. The van der Waals surface area contributed by atoms with Crippen LogP contribution in [-0.2, 0) is 29.0 Å². The molecule has 138 valence electrons. The SMILES string of the molecule is CC1Cc2cc(-c3cc(COC(=O)Cc4ccc(F)cc4)no3)ccc2O1. The van der Waals surface area contributed by atoms with Gasteiger partial charge in [0.1, 0.15) is 30.0 Å². The van der Waals surface area contributed by atoms with Gasteiger partial charge in [0.2, 0.25) is 0 Å². The summed E-state index contributed by atoms with van der Waals surface area (Å²) in [6, 6.07) is 13.4. The van der Waals surface area contributed by atoms with Crippen LogP contribution in [-0.4, -0.2) is 17.2 Å². The topological polar surface area (TPSA) is 61.6 Å². The maximum Gasteiger partial charge on any atom is 0.310 e. The molecule has 0 aliphatic carbocycles. The fourth-order valence-corrected chi connectivity index (χ4v) is 3.07. The highest BCUT2D eigenvalue weighted by Gasteiger charge is 2.20. The van der Waals surface area contributed by atoms with E-state index >= 15 is 0 Å². The van der Waals surface area contributed by atoms with E-state index < -0.39 is 5.97 Å². The molecule has 1 atom stereocenters. The van der Waals surface area contributed by atoms with Crippen molar-refractivity contribution in [1.29, 1.82) is 0 Å². The fourth-order valence-electron chi connectivity index (χ4n) is 3.07. The zero-order chi connectivity index (χ0) is 18.8. The van der Waals surface area contributed by atoms with Crippen molar-refractivity contribution in [2.75, 3.05) is 0 Å². The Kier molecular flexibility index (Phi) is 4.62. The Balaban J connectivity index is 1.36. The van der Waals surface area contributed by atoms with E-state index in [0.717, 1.165) is 23.3 Å². The molecule has 0 saturated carbocycles. The van der Waals surface area contributed by atoms with Gasteiger partial charge in [-0.15, -0.1) is 0 Å². The molecule has 3 aromatic rings. The molecule has 1 aromatic heterocycles. The highest BCUT2D eigenvalue weighted by Crippen LogP contribution is 2.33. The van der Waals surface area contributed by atoms with Gasteiger partial charge in [-0.25, -0.2) is 4.39 Å². The molecule has 0 bridgehead atoms. The van der Waals surface area contributed by atoms with Gasteiger partial charge in [-0.05, 0) is 48.4 Å². The molecule has 0 fully saturated rings. The van der Waals surface area contributed by atoms with E-state index in [1.165, 1.54) is 12.1 Å². The number of carbonyl (C=O) groups is 1. The van der Waals surface area contributed by atoms with Gasteiger partial charge in [0.25, 0.3) is 0 Å². The molecular formula is C21H18FNO4. The highest BCUT2D eigenvalue weighted by molar-refractivity contribution is 5.72. The first-order valence-corrected chi connectivity index (χ1v) is 8.72. The van der Waals surface area contributed by atoms with Crippen LogP contribution in [0.3, 0.4) is 0 Å². The fraction of sp³-hybridized carbons (Fsp3) is 0.238. The number of esters is 1. The molecule has 2 aromatic carbocycles. The summed E-state index contributed by atoms with van der Waals surface area (Å²) in [5.74, 6) is 0.771. The van der Waals surface area contributed by atoms with Crippen molar-refractivity contribution in [3.05, 3.63) is 71.2 Å². The van der Waals surface area contributed by atoms with E-state index in [-0.39, 0.29) is 24.9 Å². The molecule has 0 N–H and O–H groups in total. The summed E-state index contributed by atoms with van der Waals surface area (Å²) < 4.78 is 29.2. The lowest BCUT2D eigenvalue weighted by atomic mass is 10.1. The largest absolute Gasteiger partial charge is 0.490 e. The zero-order valence-corrected chi connectivity index (χ0v) is 14.8. The summed E-state index contributed by atoms with van der Waals surface area (Å²) in [5.41, 5.74) is 3.27. The van der Waals surface area contributed by atoms with Gasteiger partial charge in [-0.3, -0.25) is 4.79 Å². The zero-order valence-electron chi connectivity index (χ0n) is 14.8. The number of hydrogen-bond acceptors (Lipinski definition) is 5. The summed E-state index contributed by atoms with van der Waals surface area (Å²) in [6.45, 7) is 2.06. The van der Waals surface area contributed by atoms with Crippen molar-refractivity contribution in [3.63, 3.8) is 0 Å². The predicted octanol–water partition coefficient (Wildman–Crippen LogP) is 4.09. The van der Waals surface area contributed by atoms with Crippen LogP contribution in [0.1, 0.15) is 23.7 Å². The summed E-state index contributed by atoms with van der Waals surface area (Å²) in [6.07, 6.45) is 1.13. The van der Waals surface area contributed by atoms with Gasteiger partial charge in [-0.2, -0.15) is 0 Å². The molecule has 1 unspecified atom stereocenters. The lowest BCUT2D eigenvalue weighted by Crippen LogP contribution is -2.08. The lowest BCUT2D eigenvalue weighted by molar-refractivity contribution is -0.144. The van der Waals surface area contributed by atoms with Crippen molar-refractivity contribution < 1.29 is 23.2 Å². The minimum atomic E-state index is -0.408. The molecule has 0 radical (unpaired) electrons. The van der Waals surface area contributed by atoms with E-state index in [1.807, 2.05) is 25.1 Å². The van der Waals surface area contributed by atoms with Crippen molar-refractivity contribution in [3.8, 4) is 17.1 Å². The standard InChI is InChI=1S/C21H18FNO4/c1-13-8-16-10-15(4-7-19(16)26-13)20-11-18(23-27-20)12-25-21(24)9-14-2-5-17(22)6-3-14/h2-7,10-11,13H,8-9,12H2,1H3. The molecule has 2 heterocycles. The van der Waals surface area contributed by atoms with Crippen LogP contribution in [0.4, 0.5) is 4.39 Å². The number of fused-ring (bicyclic) bond motifs is 1. The quantitative estimate of drug-likeness (QED) is 0.636. The number of carbonyl (C=O) groups excluding carboxylic acids is 1. The molecule has 4 rings (SSSR count). The van der Waals surface area contributed by atoms with E-state index in [1.54, 1.807) is 18.2 Å². The molecule has 0 saturated heterocycles. The van der Waals surface area contributed by atoms with Crippen molar-refractivity contribution in [1.82, 2.24) is 5.16 Å². The minimum absolute atomic E-state index is 0.0224. The Labute approximate surface area is 155 Å². The van der Waals surface area contributed by atoms with E-state index in [9.17, 15) is 9.18 Å². The van der Waals surface area contributed by atoms with E-state index in [4.69, 9.17) is 14.0 Å². The third-order valence-corrected chi connectivity index (χ3v) is 4.38. The van der Waals surface area contributed by atoms with Crippen LogP contribution >= 0.6 is 0 Å². The Morgan fingerprint density at radius 1 is 1.22 bits per heavy atom. The molecule has 1 aliphatic rings. The van der Waals surface area contributed by atoms with Crippen LogP contribution in [0.25, 0.3) is 11.3 Å². The average molecular weight is 367 g/mol. The smallest absolute Gasteiger partial charge is 0.310 e. The number of ether oxygens (including phenoxy) is 2. The summed E-state index contributed by atoms with van der Waals surface area (Å²) in [7, 11) is 0. The first-order chi connectivity index (χ1) is 13.1. The lowest BCUT2D eigenvalue weighted by Gasteiger charge is -2.03. The van der Waals surface area contributed by atoms with Crippen molar-refractivity contribution in [2.45, 2.75) is 32.5 Å². The maximum atomic E-state index is 12.9. The van der Waals surface area contributed by atoms with Crippen LogP contribution in [0.15, 0.2) is 53.1 Å². The van der Waals surface area contributed by atoms with Crippen LogP contribution in [0.2, 0.25) is 0 Å². The average Bonchev–Trinajstić information content (AvgIpc) is 3.26. The number of aromatic nitrogens is 1. The monoisotopic (exact) mass is 367 g/mol. The summed E-state index contributed by atoms with van der Waals surface area (Å²) in [5, 5.41) is 3.96. The molecule has 6 heteroatoms. The van der Waals surface area contributed by atoms with Gasteiger partial charge in [0.15, 0.2) is 5.76 Å². The van der Waals surface area contributed by atoms with Gasteiger partial charge >= 0.3 is 5.97 Å². The number of hydrogen-bond donors (Lipinski definition) is 0. The number of halogens is 1. The molecule has 5 nitrogen and oxygen atoms in total. The summed E-state index contributed by atoms with van der Waals surface area (Å²) >= 11 is 0. The maximum absolute atomic E-state index is 12.9. The van der Waals surface area contributed by atoms with Gasteiger partial charge in [0.05, 0.1) is 6.42 Å². The third kappa shape index (κ3) is 4.00. The first kappa shape index (κ1) is 17.3. The molecule has 1 aliphatic heterocycles. The van der Waals surface area contributed by atoms with Crippen molar-refractivity contribution >= 4 is 5.97 Å².